The maximum Gasteiger partial charge on any atom is 0.339 e. The van der Waals surface area contributed by atoms with Crippen molar-refractivity contribution in [2.24, 2.45) is 0 Å². The summed E-state index contributed by atoms with van der Waals surface area (Å²) in [5, 5.41) is 14.6. The van der Waals surface area contributed by atoms with E-state index in [-0.39, 0.29) is 17.5 Å². The molecule has 0 radical (unpaired) electrons. The summed E-state index contributed by atoms with van der Waals surface area (Å²) in [6.07, 6.45) is 6.16. The maximum absolute atomic E-state index is 12.6. The van der Waals surface area contributed by atoms with Crippen LogP contribution in [-0.4, -0.2) is 49.7 Å². The number of nitrogens with zero attached hydrogens (tertiary/aromatic N) is 3. The molecular formula is C21H24N4O3. The van der Waals surface area contributed by atoms with Crippen LogP contribution in [0.4, 0.5) is 0 Å². The number of aromatic amines is 1. The molecule has 0 atom stereocenters. The standard InChI is InChI=1S/C21H24N4O3/c1-14-18(21(27)28)13-23-25(14)17-7-10-24(11-8-17)20(26)5-3-15-2-4-19-16(12-15)6-9-22-19/h2,4,6,9,12-13,17,22H,3,5,7-8,10-11H2,1H3,(H,27,28). The molecule has 3 aromatic rings. The molecule has 2 aromatic heterocycles. The number of carbonyl (C=O) groups is 2. The number of hydrogen-bond acceptors (Lipinski definition) is 3. The third-order valence-electron chi connectivity index (χ3n) is 5.68. The van der Waals surface area contributed by atoms with Crippen molar-refractivity contribution < 1.29 is 14.7 Å². The van der Waals surface area contributed by atoms with E-state index in [1.165, 1.54) is 17.1 Å². The Labute approximate surface area is 163 Å². The molecule has 28 heavy (non-hydrogen) atoms. The van der Waals surface area contributed by atoms with Crippen molar-refractivity contribution in [1.29, 1.82) is 0 Å². The molecule has 0 saturated carbocycles. The molecule has 7 heteroatoms. The van der Waals surface area contributed by atoms with Gasteiger partial charge in [-0.3, -0.25) is 9.48 Å². The lowest BCUT2D eigenvalue weighted by Crippen LogP contribution is -2.39. The summed E-state index contributed by atoms with van der Waals surface area (Å²) in [5.41, 5.74) is 3.20. The zero-order valence-corrected chi connectivity index (χ0v) is 15.9. The number of likely N-dealkylation sites (tertiary alicyclic amines) is 1. The average Bonchev–Trinajstić information content (AvgIpc) is 3.32. The topological polar surface area (TPSA) is 91.2 Å². The molecule has 3 heterocycles. The first kappa shape index (κ1) is 18.3. The van der Waals surface area contributed by atoms with E-state index in [0.717, 1.165) is 24.8 Å². The van der Waals surface area contributed by atoms with E-state index in [0.29, 0.717) is 25.2 Å². The molecule has 1 fully saturated rings. The summed E-state index contributed by atoms with van der Waals surface area (Å²) in [7, 11) is 0. The Kier molecular flexibility index (Phi) is 4.90. The molecule has 1 amide bonds. The number of rotatable bonds is 5. The highest BCUT2D eigenvalue weighted by atomic mass is 16.4. The van der Waals surface area contributed by atoms with E-state index in [4.69, 9.17) is 0 Å². The monoisotopic (exact) mass is 380 g/mol. The molecule has 1 saturated heterocycles. The highest BCUT2D eigenvalue weighted by Gasteiger charge is 2.26. The fraction of sp³-hybridized carbons (Fsp3) is 0.381. The van der Waals surface area contributed by atoms with Gasteiger partial charge in [-0.1, -0.05) is 6.07 Å². The predicted octanol–water partition coefficient (Wildman–Crippen LogP) is 3.17. The van der Waals surface area contributed by atoms with Crippen molar-refractivity contribution in [3.05, 3.63) is 53.5 Å². The van der Waals surface area contributed by atoms with Gasteiger partial charge in [0, 0.05) is 31.2 Å². The Balaban J connectivity index is 1.32. The third kappa shape index (κ3) is 3.52. The van der Waals surface area contributed by atoms with Crippen LogP contribution in [0.15, 0.2) is 36.7 Å². The number of fused-ring (bicyclic) bond motifs is 1. The van der Waals surface area contributed by atoms with Crippen LogP contribution in [-0.2, 0) is 11.2 Å². The Hall–Kier alpha value is -3.09. The second-order valence-corrected chi connectivity index (χ2v) is 7.40. The van der Waals surface area contributed by atoms with E-state index in [1.807, 2.05) is 17.2 Å². The second-order valence-electron chi connectivity index (χ2n) is 7.40. The second kappa shape index (κ2) is 7.50. The third-order valence-corrected chi connectivity index (χ3v) is 5.68. The Morgan fingerprint density at radius 1 is 1.25 bits per heavy atom. The van der Waals surface area contributed by atoms with Gasteiger partial charge in [-0.25, -0.2) is 4.79 Å². The molecule has 1 aromatic carbocycles. The van der Waals surface area contributed by atoms with Crippen molar-refractivity contribution in [2.75, 3.05) is 13.1 Å². The van der Waals surface area contributed by atoms with E-state index in [2.05, 4.69) is 28.3 Å². The smallest absolute Gasteiger partial charge is 0.339 e. The Morgan fingerprint density at radius 2 is 2.04 bits per heavy atom. The van der Waals surface area contributed by atoms with E-state index >= 15 is 0 Å². The van der Waals surface area contributed by atoms with Crippen LogP contribution in [0, 0.1) is 6.92 Å². The predicted molar refractivity (Wildman–Crippen MR) is 105 cm³/mol. The van der Waals surface area contributed by atoms with Crippen molar-refractivity contribution >= 4 is 22.8 Å². The largest absolute Gasteiger partial charge is 0.478 e. The first-order valence-corrected chi connectivity index (χ1v) is 9.64. The number of nitrogens with one attached hydrogen (secondary N) is 1. The molecule has 1 aliphatic heterocycles. The summed E-state index contributed by atoms with van der Waals surface area (Å²) >= 11 is 0. The zero-order chi connectivity index (χ0) is 19.7. The fourth-order valence-electron chi connectivity index (χ4n) is 4.03. The van der Waals surface area contributed by atoms with E-state index in [9.17, 15) is 14.7 Å². The fourth-order valence-corrected chi connectivity index (χ4v) is 4.03. The number of carboxylic acid groups (broad SMARTS) is 1. The van der Waals surface area contributed by atoms with Gasteiger partial charge in [0.1, 0.15) is 5.56 Å². The summed E-state index contributed by atoms with van der Waals surface area (Å²) in [5.74, 6) is -0.773. The number of carboxylic acids is 1. The number of aromatic carboxylic acids is 1. The van der Waals surface area contributed by atoms with Crippen molar-refractivity contribution in [3.8, 4) is 0 Å². The molecular weight excluding hydrogens is 356 g/mol. The van der Waals surface area contributed by atoms with Gasteiger partial charge in [0.2, 0.25) is 5.91 Å². The highest BCUT2D eigenvalue weighted by molar-refractivity contribution is 5.88. The van der Waals surface area contributed by atoms with Gasteiger partial charge in [0.25, 0.3) is 0 Å². The zero-order valence-electron chi connectivity index (χ0n) is 15.9. The van der Waals surface area contributed by atoms with E-state index < -0.39 is 5.97 Å². The average molecular weight is 380 g/mol. The number of aromatic nitrogens is 3. The van der Waals surface area contributed by atoms with Crippen molar-refractivity contribution in [3.63, 3.8) is 0 Å². The molecule has 1 aliphatic rings. The Morgan fingerprint density at radius 3 is 2.75 bits per heavy atom. The van der Waals surface area contributed by atoms with Crippen LogP contribution < -0.4 is 0 Å². The lowest BCUT2D eigenvalue weighted by molar-refractivity contribution is -0.132. The molecule has 4 rings (SSSR count). The van der Waals surface area contributed by atoms with Gasteiger partial charge >= 0.3 is 5.97 Å². The normalized spacial score (nSPS) is 15.2. The van der Waals surface area contributed by atoms with Crippen molar-refractivity contribution in [1.82, 2.24) is 19.7 Å². The van der Waals surface area contributed by atoms with Gasteiger partial charge < -0.3 is 15.0 Å². The number of benzene rings is 1. The minimum Gasteiger partial charge on any atom is -0.478 e. The summed E-state index contributed by atoms with van der Waals surface area (Å²) < 4.78 is 1.80. The number of hydrogen-bond donors (Lipinski definition) is 2. The van der Waals surface area contributed by atoms with Crippen LogP contribution in [0.3, 0.4) is 0 Å². The summed E-state index contributed by atoms with van der Waals surface area (Å²) in [6, 6.07) is 8.44. The molecule has 2 N–H and O–H groups in total. The molecule has 0 unspecified atom stereocenters. The van der Waals surface area contributed by atoms with Crippen LogP contribution >= 0.6 is 0 Å². The van der Waals surface area contributed by atoms with Crippen LogP contribution in [0.5, 0.6) is 0 Å². The van der Waals surface area contributed by atoms with Crippen LogP contribution in [0.25, 0.3) is 10.9 Å². The summed E-state index contributed by atoms with van der Waals surface area (Å²) in [6.45, 7) is 3.15. The quantitative estimate of drug-likeness (QED) is 0.711. The number of piperidine rings is 1. The van der Waals surface area contributed by atoms with Gasteiger partial charge in [-0.2, -0.15) is 5.10 Å². The van der Waals surface area contributed by atoms with Gasteiger partial charge in [0.15, 0.2) is 0 Å². The minimum absolute atomic E-state index is 0.146. The summed E-state index contributed by atoms with van der Waals surface area (Å²) in [4.78, 5) is 28.9. The first-order valence-electron chi connectivity index (χ1n) is 9.64. The Bertz CT molecular complexity index is 1010. The highest BCUT2D eigenvalue weighted by Crippen LogP contribution is 2.25. The molecule has 0 spiro atoms. The lowest BCUT2D eigenvalue weighted by atomic mass is 10.0. The molecule has 0 aliphatic carbocycles. The van der Waals surface area contributed by atoms with Crippen LogP contribution in [0.1, 0.15) is 46.9 Å². The number of aryl methyl sites for hydroxylation is 1. The molecule has 146 valence electrons. The number of carbonyl (C=O) groups excluding carboxylic acids is 1. The van der Waals surface area contributed by atoms with Gasteiger partial charge in [0.05, 0.1) is 17.9 Å². The molecule has 0 bridgehead atoms. The number of amides is 1. The van der Waals surface area contributed by atoms with E-state index in [1.54, 1.807) is 11.6 Å². The lowest BCUT2D eigenvalue weighted by Gasteiger charge is -2.32. The SMILES string of the molecule is Cc1c(C(=O)O)cnn1C1CCN(C(=O)CCc2ccc3[nH]ccc3c2)CC1. The van der Waals surface area contributed by atoms with Crippen molar-refractivity contribution in [2.45, 2.75) is 38.6 Å². The first-order chi connectivity index (χ1) is 13.5. The molecule has 7 nitrogen and oxygen atoms in total. The minimum atomic E-state index is -0.950. The maximum atomic E-state index is 12.6. The number of H-pyrrole nitrogens is 1. The van der Waals surface area contributed by atoms with Crippen LogP contribution in [0.2, 0.25) is 0 Å². The van der Waals surface area contributed by atoms with Gasteiger partial charge in [-0.15, -0.1) is 0 Å². The van der Waals surface area contributed by atoms with Gasteiger partial charge in [-0.05, 0) is 55.3 Å².